The molecule has 0 aromatic heterocycles. The summed E-state index contributed by atoms with van der Waals surface area (Å²) in [6.45, 7) is 6.31. The first-order chi connectivity index (χ1) is 14.1. The van der Waals surface area contributed by atoms with Crippen LogP contribution in [0.2, 0.25) is 0 Å². The minimum absolute atomic E-state index is 0.245. The molecule has 2 N–H and O–H groups in total. The van der Waals surface area contributed by atoms with Gasteiger partial charge in [-0.05, 0) is 64.7 Å². The molecule has 1 atom stereocenters. The Morgan fingerprint density at radius 2 is 1.97 bits per heavy atom. The summed E-state index contributed by atoms with van der Waals surface area (Å²) in [5.41, 5.74) is 13.9. The van der Waals surface area contributed by atoms with E-state index in [2.05, 4.69) is 36.2 Å². The topological polar surface area (TPSA) is 52.3 Å². The molecule has 4 heteroatoms. The quantitative estimate of drug-likeness (QED) is 0.390. The summed E-state index contributed by atoms with van der Waals surface area (Å²) in [4.78, 5) is 12.6. The van der Waals surface area contributed by atoms with Gasteiger partial charge < -0.3 is 10.5 Å². The van der Waals surface area contributed by atoms with Gasteiger partial charge in [-0.2, -0.15) is 0 Å². The molecule has 150 valence electrons. The number of carbonyl (C=O) groups is 1. The SMILES string of the molecule is CC.CC1=C(Cc2cccc(N)c2)C(=O)OCc2cc(C3=CPCC=C3)ccc21. The Morgan fingerprint density at radius 1 is 1.14 bits per heavy atom. The molecule has 0 spiro atoms. The average molecular weight is 405 g/mol. The fraction of sp³-hybridized carbons (Fsp3) is 0.240. The highest BCUT2D eigenvalue weighted by Crippen LogP contribution is 2.33. The molecule has 0 fully saturated rings. The molecule has 2 aliphatic heterocycles. The highest BCUT2D eigenvalue weighted by molar-refractivity contribution is 7.42. The first-order valence-electron chi connectivity index (χ1n) is 10.1. The van der Waals surface area contributed by atoms with E-state index < -0.39 is 0 Å². The monoisotopic (exact) mass is 405 g/mol. The van der Waals surface area contributed by atoms with Crippen molar-refractivity contribution in [2.75, 3.05) is 11.9 Å². The lowest BCUT2D eigenvalue weighted by Crippen LogP contribution is -2.09. The Morgan fingerprint density at radius 3 is 2.69 bits per heavy atom. The molecule has 0 radical (unpaired) electrons. The molecule has 0 saturated heterocycles. The molecule has 4 rings (SSSR count). The van der Waals surface area contributed by atoms with Gasteiger partial charge in [-0.15, -0.1) is 0 Å². The second kappa shape index (κ2) is 9.71. The fourth-order valence-corrected chi connectivity index (χ4v) is 4.42. The maximum absolute atomic E-state index is 12.6. The minimum atomic E-state index is -0.245. The lowest BCUT2D eigenvalue weighted by atomic mass is 9.92. The van der Waals surface area contributed by atoms with Crippen molar-refractivity contribution in [3.05, 3.63) is 88.3 Å². The molecule has 2 aromatic carbocycles. The number of cyclic esters (lactones) is 1. The van der Waals surface area contributed by atoms with E-state index in [9.17, 15) is 4.79 Å². The highest BCUT2D eigenvalue weighted by Gasteiger charge is 2.22. The Kier molecular flexibility index (Phi) is 7.06. The van der Waals surface area contributed by atoms with Crippen LogP contribution < -0.4 is 5.73 Å². The molecule has 2 heterocycles. The lowest BCUT2D eigenvalue weighted by Gasteiger charge is -2.12. The van der Waals surface area contributed by atoms with Crippen LogP contribution in [-0.2, 0) is 22.6 Å². The van der Waals surface area contributed by atoms with Crippen molar-refractivity contribution in [2.45, 2.75) is 33.8 Å². The van der Waals surface area contributed by atoms with E-state index in [4.69, 9.17) is 10.5 Å². The van der Waals surface area contributed by atoms with Gasteiger partial charge in [-0.3, -0.25) is 0 Å². The summed E-state index contributed by atoms with van der Waals surface area (Å²) in [7, 11) is 0.831. The van der Waals surface area contributed by atoms with Gasteiger partial charge in [0.05, 0.1) is 0 Å². The molecule has 3 nitrogen and oxygen atoms in total. The number of benzene rings is 2. The predicted molar refractivity (Wildman–Crippen MR) is 125 cm³/mol. The zero-order valence-corrected chi connectivity index (χ0v) is 18.3. The molecule has 0 saturated carbocycles. The maximum Gasteiger partial charge on any atom is 0.334 e. The standard InChI is InChI=1S/C23H22NO2P.C2H6/c1-15-21-8-7-17(18-5-3-9-27-14-18)12-19(21)13-26-23(25)22(15)11-16-4-2-6-20(24)10-16;1-2/h2-8,10,12,14,27H,9,11,13,24H2,1H3;1-2H3. The Hall–Kier alpha value is -2.64. The number of nitrogen functional groups attached to an aromatic ring is 1. The Balaban J connectivity index is 0.00000117. The van der Waals surface area contributed by atoms with E-state index in [1.807, 2.05) is 45.0 Å². The third-order valence-electron chi connectivity index (χ3n) is 5.02. The van der Waals surface area contributed by atoms with Crippen LogP contribution >= 0.6 is 8.58 Å². The number of rotatable bonds is 3. The zero-order chi connectivity index (χ0) is 20.8. The molecular formula is C25H28NO2P. The second-order valence-electron chi connectivity index (χ2n) is 6.88. The van der Waals surface area contributed by atoms with Crippen molar-refractivity contribution >= 4 is 31.4 Å². The molecule has 0 amide bonds. The summed E-state index contributed by atoms with van der Waals surface area (Å²) in [5.74, 6) is 2.05. The molecule has 0 bridgehead atoms. The summed E-state index contributed by atoms with van der Waals surface area (Å²) < 4.78 is 5.59. The number of esters is 1. The van der Waals surface area contributed by atoms with E-state index in [0.717, 1.165) is 37.0 Å². The molecule has 0 aliphatic carbocycles. The van der Waals surface area contributed by atoms with Gasteiger partial charge in [0.25, 0.3) is 0 Å². The first kappa shape index (κ1) is 21.1. The Labute approximate surface area is 175 Å². The molecule has 2 aliphatic rings. The molecule has 29 heavy (non-hydrogen) atoms. The number of fused-ring (bicyclic) bond motifs is 1. The predicted octanol–water partition coefficient (Wildman–Crippen LogP) is 5.96. The number of carbonyl (C=O) groups excluding carboxylic acids is 1. The van der Waals surface area contributed by atoms with E-state index in [1.54, 1.807) is 0 Å². The van der Waals surface area contributed by atoms with Crippen LogP contribution in [0.3, 0.4) is 0 Å². The largest absolute Gasteiger partial charge is 0.457 e. The number of anilines is 1. The molecule has 2 aromatic rings. The van der Waals surface area contributed by atoms with Gasteiger partial charge in [0.2, 0.25) is 0 Å². The van der Waals surface area contributed by atoms with E-state index in [-0.39, 0.29) is 5.97 Å². The number of hydrogen-bond donors (Lipinski definition) is 1. The Bertz CT molecular complexity index is 1000. The van der Waals surface area contributed by atoms with Crippen molar-refractivity contribution in [2.24, 2.45) is 0 Å². The van der Waals surface area contributed by atoms with Crippen LogP contribution in [0.15, 0.2) is 66.0 Å². The van der Waals surface area contributed by atoms with Crippen LogP contribution in [0.1, 0.15) is 43.0 Å². The number of hydrogen-bond acceptors (Lipinski definition) is 3. The summed E-state index contributed by atoms with van der Waals surface area (Å²) in [6, 6.07) is 14.1. The zero-order valence-electron chi connectivity index (χ0n) is 17.3. The van der Waals surface area contributed by atoms with Crippen LogP contribution in [0.25, 0.3) is 11.1 Å². The van der Waals surface area contributed by atoms with Crippen LogP contribution in [0, 0.1) is 0 Å². The van der Waals surface area contributed by atoms with Gasteiger partial charge in [-0.1, -0.05) is 64.7 Å². The van der Waals surface area contributed by atoms with Crippen molar-refractivity contribution in [3.63, 3.8) is 0 Å². The average Bonchev–Trinajstić information content (AvgIpc) is 2.87. The summed E-state index contributed by atoms with van der Waals surface area (Å²) in [5, 5.41) is 0. The van der Waals surface area contributed by atoms with Crippen LogP contribution in [0.5, 0.6) is 0 Å². The number of ether oxygens (including phenoxy) is 1. The van der Waals surface area contributed by atoms with E-state index >= 15 is 0 Å². The van der Waals surface area contributed by atoms with Crippen molar-refractivity contribution < 1.29 is 9.53 Å². The third kappa shape index (κ3) is 4.86. The highest BCUT2D eigenvalue weighted by atomic mass is 31.1. The first-order valence-corrected chi connectivity index (χ1v) is 11.4. The smallest absolute Gasteiger partial charge is 0.334 e. The van der Waals surface area contributed by atoms with Crippen molar-refractivity contribution in [1.29, 1.82) is 0 Å². The van der Waals surface area contributed by atoms with Gasteiger partial charge in [-0.25, -0.2) is 4.79 Å². The maximum atomic E-state index is 12.6. The van der Waals surface area contributed by atoms with Crippen molar-refractivity contribution in [1.82, 2.24) is 0 Å². The second-order valence-corrected chi connectivity index (χ2v) is 7.99. The lowest BCUT2D eigenvalue weighted by molar-refractivity contribution is -0.140. The molecule has 1 unspecified atom stereocenters. The molecular weight excluding hydrogens is 377 g/mol. The van der Waals surface area contributed by atoms with Gasteiger partial charge in [0, 0.05) is 17.7 Å². The summed E-state index contributed by atoms with van der Waals surface area (Å²) in [6.07, 6.45) is 6.04. The normalized spacial score (nSPS) is 16.4. The van der Waals surface area contributed by atoms with Crippen LogP contribution in [-0.4, -0.2) is 12.1 Å². The van der Waals surface area contributed by atoms with Gasteiger partial charge >= 0.3 is 5.97 Å². The summed E-state index contributed by atoms with van der Waals surface area (Å²) >= 11 is 0. The van der Waals surface area contributed by atoms with Crippen molar-refractivity contribution in [3.8, 4) is 0 Å². The number of nitrogens with two attached hydrogens (primary N) is 1. The van der Waals surface area contributed by atoms with Gasteiger partial charge in [0.15, 0.2) is 0 Å². The van der Waals surface area contributed by atoms with Gasteiger partial charge in [0.1, 0.15) is 6.61 Å². The van der Waals surface area contributed by atoms with Crippen LogP contribution in [0.4, 0.5) is 5.69 Å². The number of allylic oxidation sites excluding steroid dienone is 4. The van der Waals surface area contributed by atoms with E-state index in [1.165, 1.54) is 11.1 Å². The third-order valence-corrected chi connectivity index (χ3v) is 6.01. The fourth-order valence-electron chi connectivity index (χ4n) is 3.57. The minimum Gasteiger partial charge on any atom is -0.457 e. The van der Waals surface area contributed by atoms with E-state index in [0.29, 0.717) is 24.3 Å².